The highest BCUT2D eigenvalue weighted by molar-refractivity contribution is 7.81. The van der Waals surface area contributed by atoms with E-state index in [0.29, 0.717) is 19.6 Å². The number of carbonyl (C=O) groups is 1. The molecule has 0 spiro atoms. The molecule has 0 saturated carbocycles. The lowest BCUT2D eigenvalue weighted by Gasteiger charge is -2.16. The second kappa shape index (κ2) is 6.88. The molecule has 2 aromatic rings. The minimum absolute atomic E-state index is 0.172. The van der Waals surface area contributed by atoms with Crippen molar-refractivity contribution in [3.8, 4) is 5.75 Å². The molecular weight excluding hydrogens is 294 g/mol. The van der Waals surface area contributed by atoms with Gasteiger partial charge in [-0.3, -0.25) is 4.79 Å². The number of benzene rings is 2. The van der Waals surface area contributed by atoms with Gasteiger partial charge in [-0.25, -0.2) is 0 Å². The van der Waals surface area contributed by atoms with Gasteiger partial charge in [0.05, 0.1) is 0 Å². The van der Waals surface area contributed by atoms with E-state index >= 15 is 0 Å². The standard InChI is InChI=1S/C18H19NO2S/c20-18-10-17(22)12-19(18)11-14-6-8-15(9-7-14)13-21-16-4-2-1-3-5-16/h1-9,17,22H,10-13H2. The number of nitrogens with zero attached hydrogens (tertiary/aromatic N) is 1. The van der Waals surface area contributed by atoms with Gasteiger partial charge in [0.2, 0.25) is 5.91 Å². The minimum atomic E-state index is 0.172. The van der Waals surface area contributed by atoms with Crippen LogP contribution in [0.2, 0.25) is 0 Å². The first-order chi connectivity index (χ1) is 10.7. The van der Waals surface area contributed by atoms with E-state index < -0.39 is 0 Å². The topological polar surface area (TPSA) is 29.5 Å². The molecule has 0 N–H and O–H groups in total. The number of thiol groups is 1. The summed E-state index contributed by atoms with van der Waals surface area (Å²) in [7, 11) is 0. The molecule has 3 rings (SSSR count). The highest BCUT2D eigenvalue weighted by Crippen LogP contribution is 2.19. The zero-order valence-corrected chi connectivity index (χ0v) is 13.2. The van der Waals surface area contributed by atoms with Crippen LogP contribution in [0.15, 0.2) is 54.6 Å². The molecule has 1 aliphatic heterocycles. The minimum Gasteiger partial charge on any atom is -0.489 e. The van der Waals surface area contributed by atoms with E-state index in [9.17, 15) is 4.79 Å². The molecule has 1 unspecified atom stereocenters. The van der Waals surface area contributed by atoms with Crippen molar-refractivity contribution >= 4 is 18.5 Å². The van der Waals surface area contributed by atoms with Crippen LogP contribution >= 0.6 is 12.6 Å². The molecule has 1 amide bonds. The molecule has 1 atom stereocenters. The van der Waals surface area contributed by atoms with Crippen molar-refractivity contribution in [2.24, 2.45) is 0 Å². The summed E-state index contributed by atoms with van der Waals surface area (Å²) in [6.45, 7) is 1.95. The molecule has 0 aromatic heterocycles. The van der Waals surface area contributed by atoms with Gasteiger partial charge >= 0.3 is 0 Å². The Balaban J connectivity index is 1.55. The first-order valence-corrected chi connectivity index (χ1v) is 7.94. The first-order valence-electron chi connectivity index (χ1n) is 7.42. The number of para-hydroxylation sites is 1. The summed E-state index contributed by atoms with van der Waals surface area (Å²) in [6, 6.07) is 18.0. The Labute approximate surface area is 136 Å². The molecule has 2 aromatic carbocycles. The Morgan fingerprint density at radius 3 is 2.36 bits per heavy atom. The van der Waals surface area contributed by atoms with Crippen molar-refractivity contribution in [2.75, 3.05) is 6.54 Å². The number of ether oxygens (including phenoxy) is 1. The average molecular weight is 313 g/mol. The summed E-state index contributed by atoms with van der Waals surface area (Å²) in [5.74, 6) is 1.06. The van der Waals surface area contributed by atoms with Crippen molar-refractivity contribution in [2.45, 2.75) is 24.8 Å². The van der Waals surface area contributed by atoms with Gasteiger partial charge in [-0.1, -0.05) is 42.5 Å². The Kier molecular flexibility index (Phi) is 4.68. The van der Waals surface area contributed by atoms with Crippen LogP contribution < -0.4 is 4.74 Å². The number of hydrogen-bond donors (Lipinski definition) is 1. The van der Waals surface area contributed by atoms with Crippen LogP contribution in [0.5, 0.6) is 5.75 Å². The van der Waals surface area contributed by atoms with Gasteiger partial charge in [-0.05, 0) is 23.3 Å². The van der Waals surface area contributed by atoms with Gasteiger partial charge in [0.15, 0.2) is 0 Å². The zero-order chi connectivity index (χ0) is 15.4. The molecule has 0 aliphatic carbocycles. The fourth-order valence-electron chi connectivity index (χ4n) is 2.55. The highest BCUT2D eigenvalue weighted by Gasteiger charge is 2.26. The number of hydrogen-bond acceptors (Lipinski definition) is 3. The predicted octanol–water partition coefficient (Wildman–Crippen LogP) is 3.30. The van der Waals surface area contributed by atoms with Crippen LogP contribution in [0.25, 0.3) is 0 Å². The van der Waals surface area contributed by atoms with Crippen molar-refractivity contribution in [3.63, 3.8) is 0 Å². The molecule has 22 heavy (non-hydrogen) atoms. The zero-order valence-electron chi connectivity index (χ0n) is 12.3. The van der Waals surface area contributed by atoms with Gasteiger partial charge in [0.25, 0.3) is 0 Å². The largest absolute Gasteiger partial charge is 0.489 e. The van der Waals surface area contributed by atoms with Crippen LogP contribution in [0.3, 0.4) is 0 Å². The Hall–Kier alpha value is -1.94. The van der Waals surface area contributed by atoms with E-state index in [1.807, 2.05) is 35.2 Å². The lowest BCUT2D eigenvalue weighted by molar-refractivity contribution is -0.128. The Morgan fingerprint density at radius 1 is 1.05 bits per heavy atom. The van der Waals surface area contributed by atoms with E-state index in [0.717, 1.165) is 23.4 Å². The van der Waals surface area contributed by atoms with E-state index in [1.165, 1.54) is 0 Å². The molecule has 4 heteroatoms. The molecular formula is C18H19NO2S. The Bertz CT molecular complexity index is 627. The van der Waals surface area contributed by atoms with Gasteiger partial charge in [-0.2, -0.15) is 12.6 Å². The Morgan fingerprint density at radius 2 is 1.73 bits per heavy atom. The molecule has 0 radical (unpaired) electrons. The number of amides is 1. The fraction of sp³-hybridized carbons (Fsp3) is 0.278. The average Bonchev–Trinajstić information content (AvgIpc) is 2.85. The van der Waals surface area contributed by atoms with Crippen LogP contribution in [0, 0.1) is 0 Å². The maximum Gasteiger partial charge on any atom is 0.224 e. The van der Waals surface area contributed by atoms with Gasteiger partial charge < -0.3 is 9.64 Å². The quantitative estimate of drug-likeness (QED) is 0.858. The molecule has 1 fully saturated rings. The van der Waals surface area contributed by atoms with Gasteiger partial charge in [0, 0.05) is 24.8 Å². The smallest absolute Gasteiger partial charge is 0.224 e. The van der Waals surface area contributed by atoms with E-state index in [-0.39, 0.29) is 11.2 Å². The van der Waals surface area contributed by atoms with Gasteiger partial charge in [-0.15, -0.1) is 0 Å². The van der Waals surface area contributed by atoms with Crippen molar-refractivity contribution in [3.05, 3.63) is 65.7 Å². The SMILES string of the molecule is O=C1CC(S)CN1Cc1ccc(COc2ccccc2)cc1. The van der Waals surface area contributed by atoms with Crippen molar-refractivity contribution in [1.82, 2.24) is 4.90 Å². The molecule has 3 nitrogen and oxygen atoms in total. The first kappa shape index (κ1) is 15.0. The molecule has 1 aliphatic rings. The molecule has 0 bridgehead atoms. The molecule has 1 saturated heterocycles. The normalized spacial score (nSPS) is 17.8. The number of likely N-dealkylation sites (tertiary alicyclic amines) is 1. The third-order valence-corrected chi connectivity index (χ3v) is 4.09. The van der Waals surface area contributed by atoms with Crippen LogP contribution in [-0.4, -0.2) is 22.6 Å². The predicted molar refractivity (Wildman–Crippen MR) is 90.0 cm³/mol. The second-order valence-corrected chi connectivity index (χ2v) is 6.28. The highest BCUT2D eigenvalue weighted by atomic mass is 32.1. The van der Waals surface area contributed by atoms with Crippen LogP contribution in [-0.2, 0) is 17.9 Å². The number of rotatable bonds is 5. The maximum absolute atomic E-state index is 11.8. The van der Waals surface area contributed by atoms with Crippen molar-refractivity contribution in [1.29, 1.82) is 0 Å². The second-order valence-electron chi connectivity index (χ2n) is 5.55. The summed E-state index contributed by atoms with van der Waals surface area (Å²) in [5.41, 5.74) is 2.26. The number of carbonyl (C=O) groups excluding carboxylic acids is 1. The van der Waals surface area contributed by atoms with E-state index in [1.54, 1.807) is 0 Å². The van der Waals surface area contributed by atoms with E-state index in [2.05, 4.69) is 36.9 Å². The summed E-state index contributed by atoms with van der Waals surface area (Å²) >= 11 is 4.38. The summed E-state index contributed by atoms with van der Waals surface area (Å²) < 4.78 is 5.72. The monoisotopic (exact) mass is 313 g/mol. The maximum atomic E-state index is 11.8. The van der Waals surface area contributed by atoms with Crippen LogP contribution in [0.1, 0.15) is 17.5 Å². The fourth-order valence-corrected chi connectivity index (χ4v) is 2.90. The van der Waals surface area contributed by atoms with Gasteiger partial charge in [0.1, 0.15) is 12.4 Å². The summed E-state index contributed by atoms with van der Waals surface area (Å²) in [4.78, 5) is 13.6. The third kappa shape index (κ3) is 3.83. The van der Waals surface area contributed by atoms with Crippen LogP contribution in [0.4, 0.5) is 0 Å². The van der Waals surface area contributed by atoms with E-state index in [4.69, 9.17) is 4.74 Å². The third-order valence-electron chi connectivity index (χ3n) is 3.74. The molecule has 1 heterocycles. The lowest BCUT2D eigenvalue weighted by Crippen LogP contribution is -2.24. The summed E-state index contributed by atoms with van der Waals surface area (Å²) in [5, 5.41) is 0.172. The molecule has 114 valence electrons. The lowest BCUT2D eigenvalue weighted by atomic mass is 10.1. The van der Waals surface area contributed by atoms with Crippen molar-refractivity contribution < 1.29 is 9.53 Å². The summed E-state index contributed by atoms with van der Waals surface area (Å²) in [6.07, 6.45) is 0.548.